The Morgan fingerprint density at radius 3 is 2.26 bits per heavy atom. The Bertz CT molecular complexity index is 344. The van der Waals surface area contributed by atoms with Gasteiger partial charge in [-0.3, -0.25) is 0 Å². The monoisotopic (exact) mass is 285 g/mol. The molecule has 0 amide bonds. The van der Waals surface area contributed by atoms with Gasteiger partial charge in [-0.05, 0) is 32.9 Å². The fourth-order valence-corrected chi connectivity index (χ4v) is 3.13. The van der Waals surface area contributed by atoms with Crippen LogP contribution >= 0.6 is 0 Å². The molecular weight excluding hydrogens is 262 g/mol. The molecule has 5 nitrogen and oxygen atoms in total. The maximum absolute atomic E-state index is 10.1. The minimum absolute atomic E-state index is 0.213. The van der Waals surface area contributed by atoms with Crippen molar-refractivity contribution in [3.63, 3.8) is 0 Å². The number of hydrogen-bond acceptors (Lipinski definition) is 5. The number of anilines is 1. The first-order valence-electron chi connectivity index (χ1n) is 6.56. The lowest BCUT2D eigenvalue weighted by atomic mass is 10.3. The highest BCUT2D eigenvalue weighted by Crippen LogP contribution is 2.11. The molecule has 0 aliphatic heterocycles. The van der Waals surface area contributed by atoms with Gasteiger partial charge in [0.05, 0.1) is 6.10 Å². The summed E-state index contributed by atoms with van der Waals surface area (Å²) in [6.07, 6.45) is -0.213. The quantitative estimate of drug-likeness (QED) is 0.680. The van der Waals surface area contributed by atoms with Crippen molar-refractivity contribution in [2.45, 2.75) is 26.9 Å². The van der Waals surface area contributed by atoms with Crippen molar-refractivity contribution in [2.75, 3.05) is 25.1 Å². The van der Waals surface area contributed by atoms with Gasteiger partial charge in [0.25, 0.3) is 0 Å². The van der Waals surface area contributed by atoms with Gasteiger partial charge in [-0.25, -0.2) is 0 Å². The molecule has 0 heterocycles. The Kier molecular flexibility index (Phi) is 7.04. The maximum atomic E-state index is 10.1. The van der Waals surface area contributed by atoms with Crippen LogP contribution in [0.1, 0.15) is 20.8 Å². The highest BCUT2D eigenvalue weighted by molar-refractivity contribution is 6.51. The zero-order valence-corrected chi connectivity index (χ0v) is 12.8. The summed E-state index contributed by atoms with van der Waals surface area (Å²) >= 11 is 0. The van der Waals surface area contributed by atoms with Crippen LogP contribution in [0.15, 0.2) is 30.3 Å². The second-order valence-corrected chi connectivity index (χ2v) is 5.93. The van der Waals surface area contributed by atoms with Crippen LogP contribution in [0.25, 0.3) is 0 Å². The first-order valence-corrected chi connectivity index (χ1v) is 8.24. The van der Waals surface area contributed by atoms with Gasteiger partial charge in [0.2, 0.25) is 0 Å². The van der Waals surface area contributed by atoms with E-state index < -0.39 is 9.05 Å². The van der Waals surface area contributed by atoms with Crippen molar-refractivity contribution in [1.82, 2.24) is 0 Å². The zero-order chi connectivity index (χ0) is 14.1. The Morgan fingerprint density at radius 2 is 1.74 bits per heavy atom. The van der Waals surface area contributed by atoms with Crippen molar-refractivity contribution in [3.8, 4) is 0 Å². The summed E-state index contributed by atoms with van der Waals surface area (Å²) < 4.78 is 16.0. The van der Waals surface area contributed by atoms with E-state index in [0.29, 0.717) is 19.8 Å². The standard InChI is InChI=1S/C13H23NO4Si/c1-4-16-19(15,17-5-2)18-12(3)11-14-13-9-7-6-8-10-13/h6-10,12,14-15H,4-5,11H2,1-3H3. The Labute approximate surface area is 116 Å². The van der Waals surface area contributed by atoms with E-state index in [2.05, 4.69) is 5.32 Å². The highest BCUT2D eigenvalue weighted by atomic mass is 28.4. The summed E-state index contributed by atoms with van der Waals surface area (Å²) in [5.74, 6) is 0. The third-order valence-electron chi connectivity index (χ3n) is 2.37. The van der Waals surface area contributed by atoms with E-state index in [-0.39, 0.29) is 6.10 Å². The van der Waals surface area contributed by atoms with Crippen LogP contribution in [-0.4, -0.2) is 39.7 Å². The smallest absolute Gasteiger partial charge is 0.382 e. The highest BCUT2D eigenvalue weighted by Gasteiger charge is 2.42. The lowest BCUT2D eigenvalue weighted by Crippen LogP contribution is -2.49. The van der Waals surface area contributed by atoms with Gasteiger partial charge in [0.15, 0.2) is 0 Å². The Balaban J connectivity index is 2.42. The van der Waals surface area contributed by atoms with E-state index in [9.17, 15) is 4.80 Å². The van der Waals surface area contributed by atoms with Gasteiger partial charge < -0.3 is 23.4 Å². The molecule has 0 aliphatic carbocycles. The van der Waals surface area contributed by atoms with E-state index in [1.807, 2.05) is 37.3 Å². The molecule has 2 N–H and O–H groups in total. The molecule has 1 rings (SSSR count). The van der Waals surface area contributed by atoms with Gasteiger partial charge in [-0.15, -0.1) is 0 Å². The third-order valence-corrected chi connectivity index (χ3v) is 4.38. The molecule has 1 atom stereocenters. The second-order valence-electron chi connectivity index (χ2n) is 4.07. The molecule has 0 spiro atoms. The van der Waals surface area contributed by atoms with E-state index in [4.69, 9.17) is 13.3 Å². The predicted molar refractivity (Wildman–Crippen MR) is 76.7 cm³/mol. The fourth-order valence-electron chi connectivity index (χ4n) is 1.59. The predicted octanol–water partition coefficient (Wildman–Crippen LogP) is 2.00. The van der Waals surface area contributed by atoms with Gasteiger partial charge in [0.1, 0.15) is 0 Å². The molecule has 0 saturated carbocycles. The van der Waals surface area contributed by atoms with E-state index in [0.717, 1.165) is 5.69 Å². The summed E-state index contributed by atoms with van der Waals surface area (Å²) in [5, 5.41) is 3.23. The summed E-state index contributed by atoms with van der Waals surface area (Å²) in [6.45, 7) is 6.76. The zero-order valence-electron chi connectivity index (χ0n) is 11.8. The number of hydrogen-bond donors (Lipinski definition) is 2. The van der Waals surface area contributed by atoms with Crippen molar-refractivity contribution < 1.29 is 18.1 Å². The molecule has 0 bridgehead atoms. The molecule has 1 aromatic carbocycles. The topological polar surface area (TPSA) is 60.0 Å². The number of nitrogens with one attached hydrogen (secondary N) is 1. The van der Waals surface area contributed by atoms with Crippen LogP contribution in [0.3, 0.4) is 0 Å². The van der Waals surface area contributed by atoms with Crippen LogP contribution in [0.5, 0.6) is 0 Å². The molecule has 0 fully saturated rings. The lowest BCUT2D eigenvalue weighted by molar-refractivity contribution is -0.0207. The number of para-hydroxylation sites is 1. The summed E-state index contributed by atoms with van der Waals surface area (Å²) in [6, 6.07) is 9.82. The minimum Gasteiger partial charge on any atom is -0.382 e. The van der Waals surface area contributed by atoms with Gasteiger partial charge in [-0.1, -0.05) is 18.2 Å². The Hall–Kier alpha value is -0.923. The van der Waals surface area contributed by atoms with Crippen LogP contribution in [0.4, 0.5) is 5.69 Å². The second kappa shape index (κ2) is 8.29. The van der Waals surface area contributed by atoms with E-state index in [1.165, 1.54) is 0 Å². The molecule has 0 aromatic heterocycles. The van der Waals surface area contributed by atoms with E-state index in [1.54, 1.807) is 13.8 Å². The van der Waals surface area contributed by atoms with Crippen LogP contribution in [-0.2, 0) is 13.3 Å². The van der Waals surface area contributed by atoms with Crippen LogP contribution in [0, 0.1) is 0 Å². The molecule has 19 heavy (non-hydrogen) atoms. The minimum atomic E-state index is -3.49. The third kappa shape index (κ3) is 6.17. The van der Waals surface area contributed by atoms with Crippen molar-refractivity contribution >= 4 is 14.7 Å². The first-order chi connectivity index (χ1) is 9.09. The van der Waals surface area contributed by atoms with E-state index >= 15 is 0 Å². The van der Waals surface area contributed by atoms with Gasteiger partial charge in [-0.2, -0.15) is 0 Å². The SMILES string of the molecule is CCO[Si](O)(OCC)OC(C)CNc1ccccc1. The molecular formula is C13H23NO4Si. The fraction of sp³-hybridized carbons (Fsp3) is 0.538. The molecule has 1 aromatic rings. The normalized spacial score (nSPS) is 13.3. The van der Waals surface area contributed by atoms with Crippen LogP contribution < -0.4 is 5.32 Å². The lowest BCUT2D eigenvalue weighted by Gasteiger charge is -2.25. The van der Waals surface area contributed by atoms with Gasteiger partial charge in [0, 0.05) is 25.4 Å². The number of benzene rings is 1. The van der Waals surface area contributed by atoms with Gasteiger partial charge >= 0.3 is 9.05 Å². The van der Waals surface area contributed by atoms with Crippen molar-refractivity contribution in [1.29, 1.82) is 0 Å². The molecule has 0 aliphatic rings. The van der Waals surface area contributed by atoms with Crippen molar-refractivity contribution in [2.24, 2.45) is 0 Å². The maximum Gasteiger partial charge on any atom is 0.677 e. The van der Waals surface area contributed by atoms with Crippen LogP contribution in [0.2, 0.25) is 0 Å². The first kappa shape index (κ1) is 16.1. The molecule has 0 radical (unpaired) electrons. The molecule has 6 heteroatoms. The average Bonchev–Trinajstić information content (AvgIpc) is 2.38. The number of rotatable bonds is 9. The summed E-state index contributed by atoms with van der Waals surface area (Å²) in [5.41, 5.74) is 1.01. The summed E-state index contributed by atoms with van der Waals surface area (Å²) in [4.78, 5) is 10.1. The largest absolute Gasteiger partial charge is 0.677 e. The molecule has 108 valence electrons. The summed E-state index contributed by atoms with van der Waals surface area (Å²) in [7, 11) is -3.49. The average molecular weight is 285 g/mol. The molecule has 1 unspecified atom stereocenters. The Morgan fingerprint density at radius 1 is 1.16 bits per heavy atom. The van der Waals surface area contributed by atoms with Crippen molar-refractivity contribution in [3.05, 3.63) is 30.3 Å². The molecule has 0 saturated heterocycles.